The number of nitrogens with zero attached hydrogens (tertiary/aromatic N) is 1. The van der Waals surface area contributed by atoms with E-state index in [1.807, 2.05) is 6.92 Å². The van der Waals surface area contributed by atoms with Gasteiger partial charge in [-0.05, 0) is 25.5 Å². The third kappa shape index (κ3) is 25.6. The van der Waals surface area contributed by atoms with Crippen LogP contribution in [0.4, 0.5) is 9.59 Å². The van der Waals surface area contributed by atoms with Gasteiger partial charge in [-0.15, -0.1) is 0 Å². The number of amides is 3. The Bertz CT molecular complexity index is 846. The number of hydrogen-bond acceptors (Lipinski definition) is 7. The molecule has 10 nitrogen and oxygen atoms in total. The Morgan fingerprint density at radius 2 is 1.33 bits per heavy atom. The van der Waals surface area contributed by atoms with Gasteiger partial charge in [0.2, 0.25) is 0 Å². The van der Waals surface area contributed by atoms with Crippen LogP contribution < -0.4 is 16.4 Å². The fraction of sp³-hybridized carbons (Fsp3) is 0.750. The fourth-order valence-corrected chi connectivity index (χ4v) is 4.46. The average Bonchev–Trinajstić information content (AvgIpc) is 2.99. The van der Waals surface area contributed by atoms with E-state index in [0.717, 1.165) is 12.8 Å². The second-order valence-corrected chi connectivity index (χ2v) is 10.9. The largest absolute Gasteiger partial charge is 0.447 e. The molecule has 1 rings (SSSR count). The Kier molecular flexibility index (Phi) is 27.7. The van der Waals surface area contributed by atoms with Gasteiger partial charge < -0.3 is 30.6 Å². The van der Waals surface area contributed by atoms with E-state index in [9.17, 15) is 14.4 Å². The Labute approximate surface area is 264 Å². The van der Waals surface area contributed by atoms with Gasteiger partial charge in [0.1, 0.15) is 24.5 Å². The van der Waals surface area contributed by atoms with Gasteiger partial charge in [-0.2, -0.15) is 0 Å². The number of unbranched alkanes of at least 4 members (excludes halogenated alkanes) is 15. The van der Waals surface area contributed by atoms with Crippen LogP contribution in [0.2, 0.25) is 5.15 Å². The van der Waals surface area contributed by atoms with Crippen molar-refractivity contribution >= 4 is 29.7 Å². The standard InChI is InChI=1S/C24H48N2O5.C8H9ClN2O/c1-3-4-5-6-7-8-9-10-11-12-13-14-15-16-17-18-19-26-24(28)31-21-22(29-2)20-30-23(25)27;1-2-10-8(12)6-4-3-5-11-7(6)9/h22H,3-21H2,1-2H3,(H2,25,27)(H,26,28);3-5H,2H2,1H3,(H,10,12). The number of alkyl carbamates (subject to hydrolysis) is 1. The van der Waals surface area contributed by atoms with E-state index in [2.05, 4.69) is 27.3 Å². The SMILES string of the molecule is CCCCCCCCCCCCCCCCCCNC(=O)OCC(COC(N)=O)OC.CCNC(=O)c1cccnc1Cl. The lowest BCUT2D eigenvalue weighted by molar-refractivity contribution is -0.00291. The van der Waals surface area contributed by atoms with Crippen LogP contribution in [0.1, 0.15) is 127 Å². The highest BCUT2D eigenvalue weighted by atomic mass is 35.5. The molecule has 0 aromatic carbocycles. The minimum absolute atomic E-state index is 0.00850. The van der Waals surface area contributed by atoms with Crippen molar-refractivity contribution in [3.8, 4) is 0 Å². The van der Waals surface area contributed by atoms with Gasteiger partial charge in [0, 0.05) is 26.4 Å². The third-order valence-corrected chi connectivity index (χ3v) is 7.09. The summed E-state index contributed by atoms with van der Waals surface area (Å²) in [6, 6.07) is 3.32. The van der Waals surface area contributed by atoms with Crippen LogP contribution in [-0.2, 0) is 14.2 Å². The third-order valence-electron chi connectivity index (χ3n) is 6.79. The predicted molar refractivity (Wildman–Crippen MR) is 172 cm³/mol. The molecule has 43 heavy (non-hydrogen) atoms. The zero-order valence-corrected chi connectivity index (χ0v) is 27.6. The highest BCUT2D eigenvalue weighted by Gasteiger charge is 2.13. The molecule has 0 saturated carbocycles. The summed E-state index contributed by atoms with van der Waals surface area (Å²) in [7, 11) is 1.45. The molecule has 248 valence electrons. The molecule has 0 aliphatic carbocycles. The number of carbonyl (C=O) groups is 3. The van der Waals surface area contributed by atoms with E-state index in [4.69, 9.17) is 26.8 Å². The van der Waals surface area contributed by atoms with Crippen molar-refractivity contribution in [3.63, 3.8) is 0 Å². The number of aromatic nitrogens is 1. The Morgan fingerprint density at radius 1 is 0.814 bits per heavy atom. The van der Waals surface area contributed by atoms with Crippen LogP contribution in [0.15, 0.2) is 18.3 Å². The molecule has 1 unspecified atom stereocenters. The van der Waals surface area contributed by atoms with Crippen LogP contribution in [0.5, 0.6) is 0 Å². The zero-order chi connectivity index (χ0) is 32.0. The molecule has 0 spiro atoms. The number of primary amides is 1. The summed E-state index contributed by atoms with van der Waals surface area (Å²) in [5, 5.41) is 5.61. The average molecular weight is 629 g/mol. The fourth-order valence-electron chi connectivity index (χ4n) is 4.25. The summed E-state index contributed by atoms with van der Waals surface area (Å²) in [4.78, 5) is 37.2. The Morgan fingerprint density at radius 3 is 1.79 bits per heavy atom. The molecule has 3 amide bonds. The summed E-state index contributed by atoms with van der Waals surface area (Å²) >= 11 is 5.68. The number of nitrogens with one attached hydrogen (secondary N) is 2. The van der Waals surface area contributed by atoms with E-state index in [1.165, 1.54) is 97.0 Å². The quantitative estimate of drug-likeness (QED) is 0.0791. The highest BCUT2D eigenvalue weighted by molar-refractivity contribution is 6.32. The van der Waals surface area contributed by atoms with Gasteiger partial charge in [0.05, 0.1) is 5.56 Å². The van der Waals surface area contributed by atoms with Crippen molar-refractivity contribution in [1.82, 2.24) is 15.6 Å². The van der Waals surface area contributed by atoms with Crippen molar-refractivity contribution in [2.45, 2.75) is 123 Å². The molecule has 0 fully saturated rings. The van der Waals surface area contributed by atoms with E-state index in [1.54, 1.807) is 18.3 Å². The molecule has 0 aliphatic rings. The molecule has 0 bridgehead atoms. The number of halogens is 1. The van der Waals surface area contributed by atoms with Crippen LogP contribution in [0.25, 0.3) is 0 Å². The predicted octanol–water partition coefficient (Wildman–Crippen LogP) is 7.57. The minimum atomic E-state index is -0.880. The van der Waals surface area contributed by atoms with Crippen LogP contribution >= 0.6 is 11.6 Å². The van der Waals surface area contributed by atoms with E-state index in [0.29, 0.717) is 18.7 Å². The van der Waals surface area contributed by atoms with E-state index < -0.39 is 18.3 Å². The number of nitrogens with two attached hydrogens (primary N) is 1. The van der Waals surface area contributed by atoms with Crippen molar-refractivity contribution in [1.29, 1.82) is 0 Å². The first kappa shape index (κ1) is 40.4. The monoisotopic (exact) mass is 628 g/mol. The van der Waals surface area contributed by atoms with E-state index >= 15 is 0 Å². The summed E-state index contributed by atoms with van der Waals surface area (Å²) in [6.07, 6.45) is 20.9. The number of rotatable bonds is 24. The van der Waals surface area contributed by atoms with Gasteiger partial charge in [-0.1, -0.05) is 115 Å². The Hall–Kier alpha value is -2.59. The maximum atomic E-state index is 11.6. The number of carbonyl (C=O) groups excluding carboxylic acids is 3. The zero-order valence-electron chi connectivity index (χ0n) is 26.8. The molecule has 0 aliphatic heterocycles. The molecule has 0 saturated heterocycles. The molecule has 4 N–H and O–H groups in total. The number of methoxy groups -OCH3 is 1. The normalized spacial score (nSPS) is 11.2. The molecular formula is C32H57ClN4O6. The van der Waals surface area contributed by atoms with Crippen molar-refractivity contribution < 1.29 is 28.6 Å². The second kappa shape index (κ2) is 29.5. The molecule has 1 heterocycles. The smallest absolute Gasteiger partial charge is 0.407 e. The summed E-state index contributed by atoms with van der Waals surface area (Å²) in [5.41, 5.74) is 5.31. The van der Waals surface area contributed by atoms with Gasteiger partial charge >= 0.3 is 12.2 Å². The van der Waals surface area contributed by atoms with Crippen LogP contribution in [-0.4, -0.2) is 62.6 Å². The lowest BCUT2D eigenvalue weighted by Gasteiger charge is -2.15. The lowest BCUT2D eigenvalue weighted by Crippen LogP contribution is -2.32. The number of ether oxygens (including phenoxy) is 3. The first-order chi connectivity index (χ1) is 20.8. The molecule has 1 aromatic rings. The minimum Gasteiger partial charge on any atom is -0.447 e. The maximum Gasteiger partial charge on any atom is 0.407 e. The van der Waals surface area contributed by atoms with Crippen molar-refractivity contribution in [2.75, 3.05) is 33.4 Å². The Balaban J connectivity index is 0.00000121. The maximum absolute atomic E-state index is 11.6. The lowest BCUT2D eigenvalue weighted by atomic mass is 10.0. The van der Waals surface area contributed by atoms with E-state index in [-0.39, 0.29) is 24.3 Å². The van der Waals surface area contributed by atoms with Gasteiger partial charge in [0.25, 0.3) is 5.91 Å². The molecule has 1 aromatic heterocycles. The van der Waals surface area contributed by atoms with Crippen molar-refractivity contribution in [2.24, 2.45) is 5.73 Å². The topological polar surface area (TPSA) is 142 Å². The molecule has 11 heteroatoms. The van der Waals surface area contributed by atoms with Gasteiger partial charge in [0.15, 0.2) is 0 Å². The summed E-state index contributed by atoms with van der Waals surface area (Å²) < 4.78 is 14.7. The molecular weight excluding hydrogens is 572 g/mol. The van der Waals surface area contributed by atoms with Gasteiger partial charge in [-0.25, -0.2) is 14.6 Å². The second-order valence-electron chi connectivity index (χ2n) is 10.5. The van der Waals surface area contributed by atoms with Crippen LogP contribution in [0.3, 0.4) is 0 Å². The summed E-state index contributed by atoms with van der Waals surface area (Å²) in [5.74, 6) is -0.185. The highest BCUT2D eigenvalue weighted by Crippen LogP contribution is 2.14. The first-order valence-electron chi connectivity index (χ1n) is 16.1. The number of hydrogen-bond donors (Lipinski definition) is 3. The first-order valence-corrected chi connectivity index (χ1v) is 16.5. The summed E-state index contributed by atoms with van der Waals surface area (Å²) in [6.45, 7) is 5.27. The van der Waals surface area contributed by atoms with Gasteiger partial charge in [-0.3, -0.25) is 4.79 Å². The van der Waals surface area contributed by atoms with Crippen molar-refractivity contribution in [3.05, 3.63) is 29.0 Å². The van der Waals surface area contributed by atoms with Crippen LogP contribution in [0, 0.1) is 0 Å². The number of pyridine rings is 1. The molecule has 1 atom stereocenters. The molecule has 0 radical (unpaired) electrons.